The molecule has 4 nitrogen and oxygen atoms in total. The van der Waals surface area contributed by atoms with Crippen molar-refractivity contribution in [2.45, 2.75) is 38.1 Å². The van der Waals surface area contributed by atoms with E-state index in [9.17, 15) is 0 Å². The molecule has 0 N–H and O–H groups in total. The van der Waals surface area contributed by atoms with E-state index >= 15 is 0 Å². The van der Waals surface area contributed by atoms with Crippen LogP contribution in [0.25, 0.3) is 0 Å². The first-order chi connectivity index (χ1) is 13.7. The van der Waals surface area contributed by atoms with Crippen molar-refractivity contribution in [1.82, 2.24) is 9.80 Å². The Kier molecular flexibility index (Phi) is 8.49. The van der Waals surface area contributed by atoms with Crippen LogP contribution >= 0.6 is 0 Å². The fourth-order valence-electron chi connectivity index (χ4n) is 3.15. The van der Waals surface area contributed by atoms with Gasteiger partial charge in [0.1, 0.15) is 0 Å². The van der Waals surface area contributed by atoms with E-state index < -0.39 is 0 Å². The number of benzene rings is 2. The predicted octanol–water partition coefficient (Wildman–Crippen LogP) is 3.81. The molecule has 0 bridgehead atoms. The molecule has 2 atom stereocenters. The largest absolute Gasteiger partial charge is 0.373 e. The molecule has 2 aliphatic heterocycles. The lowest BCUT2D eigenvalue weighted by Crippen LogP contribution is -2.20. The van der Waals surface area contributed by atoms with Crippen LogP contribution in [0.15, 0.2) is 60.7 Å². The molecule has 152 valence electrons. The van der Waals surface area contributed by atoms with Crippen LogP contribution in [-0.2, 0) is 22.6 Å². The van der Waals surface area contributed by atoms with Crippen molar-refractivity contribution in [1.29, 1.82) is 0 Å². The number of epoxide rings is 2. The SMILES string of the molecule is CN(CC[C@@H]1CO1)Cc1ccccc1.CN(CC[C@H]1CO1)Cc1ccccc1. The Bertz CT molecular complexity index is 597. The van der Waals surface area contributed by atoms with Crippen LogP contribution in [-0.4, -0.2) is 62.4 Å². The van der Waals surface area contributed by atoms with Gasteiger partial charge in [-0.1, -0.05) is 60.7 Å². The Morgan fingerprint density at radius 1 is 0.679 bits per heavy atom. The molecule has 0 radical (unpaired) electrons. The second kappa shape index (κ2) is 11.3. The van der Waals surface area contributed by atoms with Crippen LogP contribution in [0.3, 0.4) is 0 Å². The van der Waals surface area contributed by atoms with Gasteiger partial charge in [0.2, 0.25) is 0 Å². The summed E-state index contributed by atoms with van der Waals surface area (Å²) in [6.07, 6.45) is 3.44. The van der Waals surface area contributed by atoms with Crippen molar-refractivity contribution in [3.8, 4) is 0 Å². The van der Waals surface area contributed by atoms with E-state index in [1.807, 2.05) is 0 Å². The molecule has 0 aliphatic carbocycles. The van der Waals surface area contributed by atoms with E-state index in [0.29, 0.717) is 12.2 Å². The van der Waals surface area contributed by atoms with Crippen LogP contribution < -0.4 is 0 Å². The van der Waals surface area contributed by atoms with E-state index in [4.69, 9.17) is 9.47 Å². The third kappa shape index (κ3) is 8.98. The fourth-order valence-corrected chi connectivity index (χ4v) is 3.15. The van der Waals surface area contributed by atoms with Gasteiger partial charge in [-0.2, -0.15) is 0 Å². The Morgan fingerprint density at radius 3 is 1.36 bits per heavy atom. The number of hydrogen-bond donors (Lipinski definition) is 0. The first kappa shape index (κ1) is 21.0. The maximum atomic E-state index is 5.18. The molecule has 2 fully saturated rings. The average Bonchev–Trinajstić information content (AvgIpc) is 3.62. The summed E-state index contributed by atoms with van der Waals surface area (Å²) >= 11 is 0. The summed E-state index contributed by atoms with van der Waals surface area (Å²) in [7, 11) is 4.32. The molecular formula is C24H34N2O2. The van der Waals surface area contributed by atoms with Gasteiger partial charge in [0.15, 0.2) is 0 Å². The summed E-state index contributed by atoms with van der Waals surface area (Å²) in [5.41, 5.74) is 2.76. The first-order valence-electron chi connectivity index (χ1n) is 10.4. The number of hydrogen-bond acceptors (Lipinski definition) is 4. The van der Waals surface area contributed by atoms with E-state index in [-0.39, 0.29) is 0 Å². The molecular weight excluding hydrogens is 348 g/mol. The highest BCUT2D eigenvalue weighted by Crippen LogP contribution is 2.15. The second-order valence-electron chi connectivity index (χ2n) is 7.93. The number of rotatable bonds is 10. The molecule has 2 aliphatic rings. The van der Waals surface area contributed by atoms with Gasteiger partial charge in [0, 0.05) is 26.2 Å². The average molecular weight is 383 g/mol. The van der Waals surface area contributed by atoms with Crippen LogP contribution in [0.1, 0.15) is 24.0 Å². The molecule has 0 unspecified atom stereocenters. The molecule has 2 aromatic carbocycles. The van der Waals surface area contributed by atoms with Gasteiger partial charge in [0.05, 0.1) is 25.4 Å². The van der Waals surface area contributed by atoms with Crippen molar-refractivity contribution in [2.24, 2.45) is 0 Å². The van der Waals surface area contributed by atoms with Gasteiger partial charge >= 0.3 is 0 Å². The minimum atomic E-state index is 0.549. The summed E-state index contributed by atoms with van der Waals surface area (Å²) in [6, 6.07) is 21.2. The number of ether oxygens (including phenoxy) is 2. The van der Waals surface area contributed by atoms with Crippen molar-refractivity contribution in [3.05, 3.63) is 71.8 Å². The van der Waals surface area contributed by atoms with E-state index in [1.54, 1.807) is 0 Å². The molecule has 2 aromatic rings. The Hall–Kier alpha value is -1.72. The van der Waals surface area contributed by atoms with Gasteiger partial charge in [-0.15, -0.1) is 0 Å². The first-order valence-corrected chi connectivity index (χ1v) is 10.4. The quantitative estimate of drug-likeness (QED) is 0.585. The van der Waals surface area contributed by atoms with E-state index in [2.05, 4.69) is 84.6 Å². The summed E-state index contributed by atoms with van der Waals surface area (Å²) in [4.78, 5) is 4.69. The maximum absolute atomic E-state index is 5.18. The standard InChI is InChI=1S/2C12H17NO/c2*1-13(8-7-12-10-14-12)9-11-5-3-2-4-6-11/h2*2-6,12H,7-10H2,1H3/t2*12-/m10/s1. The lowest BCUT2D eigenvalue weighted by molar-refractivity contribution is 0.296. The smallest absolute Gasteiger partial charge is 0.0822 e. The molecule has 4 rings (SSSR count). The highest BCUT2D eigenvalue weighted by molar-refractivity contribution is 5.15. The minimum Gasteiger partial charge on any atom is -0.373 e. The van der Waals surface area contributed by atoms with Crippen molar-refractivity contribution in [2.75, 3.05) is 40.4 Å². The van der Waals surface area contributed by atoms with Gasteiger partial charge in [-0.05, 0) is 38.1 Å². The highest BCUT2D eigenvalue weighted by atomic mass is 16.6. The lowest BCUT2D eigenvalue weighted by Gasteiger charge is -2.15. The monoisotopic (exact) mass is 382 g/mol. The van der Waals surface area contributed by atoms with Crippen LogP contribution in [0.4, 0.5) is 0 Å². The summed E-state index contributed by atoms with van der Waals surface area (Å²) < 4.78 is 10.4. The molecule has 2 saturated heterocycles. The topological polar surface area (TPSA) is 31.5 Å². The maximum Gasteiger partial charge on any atom is 0.0822 e. The lowest BCUT2D eigenvalue weighted by atomic mass is 10.2. The molecule has 0 spiro atoms. The van der Waals surface area contributed by atoms with E-state index in [1.165, 1.54) is 24.0 Å². The van der Waals surface area contributed by atoms with Gasteiger partial charge < -0.3 is 19.3 Å². The van der Waals surface area contributed by atoms with Crippen molar-refractivity contribution < 1.29 is 9.47 Å². The number of nitrogens with zero attached hydrogens (tertiary/aromatic N) is 2. The zero-order chi connectivity index (χ0) is 19.6. The van der Waals surface area contributed by atoms with Crippen LogP contribution in [0.2, 0.25) is 0 Å². The zero-order valence-electron chi connectivity index (χ0n) is 17.3. The molecule has 0 aromatic heterocycles. The Balaban J connectivity index is 0.000000161. The molecule has 28 heavy (non-hydrogen) atoms. The predicted molar refractivity (Wildman–Crippen MR) is 114 cm³/mol. The van der Waals surface area contributed by atoms with Gasteiger partial charge in [-0.3, -0.25) is 0 Å². The molecule has 4 heteroatoms. The minimum absolute atomic E-state index is 0.549. The van der Waals surface area contributed by atoms with Gasteiger partial charge in [0.25, 0.3) is 0 Å². The third-order valence-electron chi connectivity index (χ3n) is 5.06. The zero-order valence-corrected chi connectivity index (χ0v) is 17.3. The summed E-state index contributed by atoms with van der Waals surface area (Å²) in [5.74, 6) is 0. The second-order valence-corrected chi connectivity index (χ2v) is 7.93. The normalized spacial score (nSPS) is 20.0. The summed E-state index contributed by atoms with van der Waals surface area (Å²) in [5, 5.41) is 0. The van der Waals surface area contributed by atoms with Crippen molar-refractivity contribution >= 4 is 0 Å². The summed E-state index contributed by atoms with van der Waals surface area (Å²) in [6.45, 7) is 6.26. The van der Waals surface area contributed by atoms with Crippen LogP contribution in [0.5, 0.6) is 0 Å². The van der Waals surface area contributed by atoms with Crippen LogP contribution in [0, 0.1) is 0 Å². The fraction of sp³-hybridized carbons (Fsp3) is 0.500. The van der Waals surface area contributed by atoms with Gasteiger partial charge in [-0.25, -0.2) is 0 Å². The highest BCUT2D eigenvalue weighted by Gasteiger charge is 2.22. The van der Waals surface area contributed by atoms with E-state index in [0.717, 1.165) is 39.4 Å². The Morgan fingerprint density at radius 2 is 1.04 bits per heavy atom. The molecule has 0 amide bonds. The Labute approximate surface area is 170 Å². The molecule has 2 heterocycles. The van der Waals surface area contributed by atoms with Crippen molar-refractivity contribution in [3.63, 3.8) is 0 Å². The molecule has 0 saturated carbocycles. The third-order valence-corrected chi connectivity index (χ3v) is 5.06.